The number of esters is 2. The van der Waals surface area contributed by atoms with Crippen LogP contribution >= 0.6 is 0 Å². The molecule has 0 saturated heterocycles. The highest BCUT2D eigenvalue weighted by Crippen LogP contribution is 2.30. The van der Waals surface area contributed by atoms with Gasteiger partial charge in [0.2, 0.25) is 0 Å². The standard InChI is InChI=1S/C14H22O5/c1-9-4-6-10(7-5-9)12(15)8-11(13(16)18-2)14(17)19-3/h9-11H,4-8H2,1-3H3. The average molecular weight is 270 g/mol. The highest BCUT2D eigenvalue weighted by Gasteiger charge is 2.34. The molecule has 5 nitrogen and oxygen atoms in total. The van der Waals surface area contributed by atoms with E-state index in [1.165, 1.54) is 14.2 Å². The first-order valence-corrected chi connectivity index (χ1v) is 6.68. The number of hydrogen-bond donors (Lipinski definition) is 0. The molecular weight excluding hydrogens is 248 g/mol. The normalized spacial score (nSPS) is 22.9. The quantitative estimate of drug-likeness (QED) is 0.562. The summed E-state index contributed by atoms with van der Waals surface area (Å²) in [4.78, 5) is 35.2. The van der Waals surface area contributed by atoms with Crippen LogP contribution in [0.15, 0.2) is 0 Å². The number of Topliss-reactive ketones (excluding diaryl/α,β-unsaturated/α-hetero) is 1. The summed E-state index contributed by atoms with van der Waals surface area (Å²) in [5, 5.41) is 0. The monoisotopic (exact) mass is 270 g/mol. The molecule has 108 valence electrons. The van der Waals surface area contributed by atoms with E-state index < -0.39 is 17.9 Å². The van der Waals surface area contributed by atoms with E-state index in [9.17, 15) is 14.4 Å². The number of rotatable bonds is 5. The van der Waals surface area contributed by atoms with Gasteiger partial charge in [-0.3, -0.25) is 14.4 Å². The molecular formula is C14H22O5. The lowest BCUT2D eigenvalue weighted by atomic mass is 9.79. The Labute approximate surface area is 113 Å². The van der Waals surface area contributed by atoms with Crippen molar-refractivity contribution in [2.45, 2.75) is 39.0 Å². The maximum absolute atomic E-state index is 12.1. The summed E-state index contributed by atoms with van der Waals surface area (Å²) in [6, 6.07) is 0. The molecule has 19 heavy (non-hydrogen) atoms. The third kappa shape index (κ3) is 4.33. The third-order valence-electron chi connectivity index (χ3n) is 3.85. The summed E-state index contributed by atoms with van der Waals surface area (Å²) in [6.45, 7) is 2.17. The lowest BCUT2D eigenvalue weighted by Gasteiger charge is -2.25. The third-order valence-corrected chi connectivity index (χ3v) is 3.85. The van der Waals surface area contributed by atoms with Crippen LogP contribution in [0.25, 0.3) is 0 Å². The van der Waals surface area contributed by atoms with Gasteiger partial charge in [-0.1, -0.05) is 19.8 Å². The van der Waals surface area contributed by atoms with Gasteiger partial charge in [-0.15, -0.1) is 0 Å². The van der Waals surface area contributed by atoms with Gasteiger partial charge in [-0.25, -0.2) is 0 Å². The molecule has 0 bridgehead atoms. The van der Waals surface area contributed by atoms with E-state index in [1.54, 1.807) is 0 Å². The molecule has 0 atom stereocenters. The largest absolute Gasteiger partial charge is 0.468 e. The Morgan fingerprint density at radius 2 is 1.47 bits per heavy atom. The van der Waals surface area contributed by atoms with Gasteiger partial charge in [0, 0.05) is 12.3 Å². The molecule has 0 unspecified atom stereocenters. The summed E-state index contributed by atoms with van der Waals surface area (Å²) in [5.74, 6) is -1.95. The molecule has 0 aromatic heterocycles. The summed E-state index contributed by atoms with van der Waals surface area (Å²) in [5.41, 5.74) is 0. The second-order valence-electron chi connectivity index (χ2n) is 5.23. The van der Waals surface area contributed by atoms with E-state index in [0.29, 0.717) is 5.92 Å². The van der Waals surface area contributed by atoms with Crippen LogP contribution in [0.3, 0.4) is 0 Å². The highest BCUT2D eigenvalue weighted by atomic mass is 16.5. The number of ketones is 1. The maximum atomic E-state index is 12.1. The summed E-state index contributed by atoms with van der Waals surface area (Å²) in [6.07, 6.45) is 3.62. The Morgan fingerprint density at radius 1 is 1.00 bits per heavy atom. The fourth-order valence-electron chi connectivity index (χ4n) is 2.50. The average Bonchev–Trinajstić information content (AvgIpc) is 2.43. The summed E-state index contributed by atoms with van der Waals surface area (Å²) in [7, 11) is 2.40. The zero-order valence-corrected chi connectivity index (χ0v) is 11.8. The van der Waals surface area contributed by atoms with Gasteiger partial charge >= 0.3 is 11.9 Å². The smallest absolute Gasteiger partial charge is 0.320 e. The van der Waals surface area contributed by atoms with Gasteiger partial charge in [0.1, 0.15) is 5.78 Å². The van der Waals surface area contributed by atoms with E-state index in [4.69, 9.17) is 0 Å². The first-order chi connectivity index (χ1) is 8.99. The van der Waals surface area contributed by atoms with Crippen molar-refractivity contribution >= 4 is 17.7 Å². The predicted molar refractivity (Wildman–Crippen MR) is 68.3 cm³/mol. The van der Waals surface area contributed by atoms with Crippen LogP contribution in [0.5, 0.6) is 0 Å². The minimum atomic E-state index is -1.12. The van der Waals surface area contributed by atoms with Gasteiger partial charge in [-0.2, -0.15) is 0 Å². The molecule has 0 aromatic carbocycles. The van der Waals surface area contributed by atoms with Gasteiger partial charge < -0.3 is 9.47 Å². The minimum Gasteiger partial charge on any atom is -0.468 e. The van der Waals surface area contributed by atoms with Crippen molar-refractivity contribution in [1.82, 2.24) is 0 Å². The molecule has 0 heterocycles. The second-order valence-corrected chi connectivity index (χ2v) is 5.23. The van der Waals surface area contributed by atoms with E-state index >= 15 is 0 Å². The van der Waals surface area contributed by atoms with Gasteiger partial charge in [-0.05, 0) is 18.8 Å². The number of carbonyl (C=O) groups excluding carboxylic acids is 3. The van der Waals surface area contributed by atoms with E-state index in [1.807, 2.05) is 0 Å². The zero-order chi connectivity index (χ0) is 14.4. The molecule has 0 amide bonds. The van der Waals surface area contributed by atoms with Crippen LogP contribution < -0.4 is 0 Å². The number of ether oxygens (including phenoxy) is 2. The van der Waals surface area contributed by atoms with Gasteiger partial charge in [0.05, 0.1) is 14.2 Å². The van der Waals surface area contributed by atoms with Crippen LogP contribution in [0.4, 0.5) is 0 Å². The molecule has 5 heteroatoms. The lowest BCUT2D eigenvalue weighted by molar-refractivity contribution is -0.160. The fourth-order valence-corrected chi connectivity index (χ4v) is 2.50. The van der Waals surface area contributed by atoms with Crippen molar-refractivity contribution in [3.63, 3.8) is 0 Å². The molecule has 0 aliphatic heterocycles. The molecule has 1 saturated carbocycles. The molecule has 0 spiro atoms. The van der Waals surface area contributed by atoms with Crippen molar-refractivity contribution in [2.75, 3.05) is 14.2 Å². The van der Waals surface area contributed by atoms with Crippen LogP contribution in [-0.2, 0) is 23.9 Å². The molecule has 1 fully saturated rings. The Balaban J connectivity index is 2.61. The van der Waals surface area contributed by atoms with Gasteiger partial charge in [0.15, 0.2) is 5.92 Å². The van der Waals surface area contributed by atoms with E-state index in [0.717, 1.165) is 25.7 Å². The van der Waals surface area contributed by atoms with Crippen molar-refractivity contribution in [3.8, 4) is 0 Å². The van der Waals surface area contributed by atoms with Crippen LogP contribution in [0.2, 0.25) is 0 Å². The molecule has 0 aromatic rings. The SMILES string of the molecule is COC(=O)C(CC(=O)C1CCC(C)CC1)C(=O)OC. The van der Waals surface area contributed by atoms with Crippen LogP contribution in [0.1, 0.15) is 39.0 Å². The number of methoxy groups -OCH3 is 2. The summed E-state index contributed by atoms with van der Waals surface area (Å²) >= 11 is 0. The number of hydrogen-bond acceptors (Lipinski definition) is 5. The van der Waals surface area contributed by atoms with Crippen molar-refractivity contribution in [2.24, 2.45) is 17.8 Å². The van der Waals surface area contributed by atoms with Gasteiger partial charge in [0.25, 0.3) is 0 Å². The molecule has 0 N–H and O–H groups in total. The second kappa shape index (κ2) is 7.26. The van der Waals surface area contributed by atoms with Crippen LogP contribution in [-0.4, -0.2) is 31.9 Å². The minimum absolute atomic E-state index is 0.0342. The van der Waals surface area contributed by atoms with Crippen molar-refractivity contribution < 1.29 is 23.9 Å². The molecule has 1 rings (SSSR count). The number of carbonyl (C=O) groups is 3. The molecule has 1 aliphatic carbocycles. The predicted octanol–water partition coefficient (Wildman–Crippen LogP) is 1.73. The Bertz CT molecular complexity index is 326. The van der Waals surface area contributed by atoms with Crippen molar-refractivity contribution in [1.29, 1.82) is 0 Å². The first kappa shape index (κ1) is 15.7. The zero-order valence-electron chi connectivity index (χ0n) is 11.8. The first-order valence-electron chi connectivity index (χ1n) is 6.68. The van der Waals surface area contributed by atoms with E-state index in [2.05, 4.69) is 16.4 Å². The highest BCUT2D eigenvalue weighted by molar-refractivity contribution is 5.99. The molecule has 1 aliphatic rings. The fraction of sp³-hybridized carbons (Fsp3) is 0.786. The maximum Gasteiger partial charge on any atom is 0.320 e. The Kier molecular flexibility index (Phi) is 5.99. The topological polar surface area (TPSA) is 69.7 Å². The molecule has 0 radical (unpaired) electrons. The lowest BCUT2D eigenvalue weighted by Crippen LogP contribution is -2.31. The summed E-state index contributed by atoms with van der Waals surface area (Å²) < 4.78 is 9.10. The Morgan fingerprint density at radius 3 is 1.89 bits per heavy atom. The Hall–Kier alpha value is -1.39. The van der Waals surface area contributed by atoms with E-state index in [-0.39, 0.29) is 18.1 Å². The van der Waals surface area contributed by atoms with Crippen molar-refractivity contribution in [3.05, 3.63) is 0 Å². The van der Waals surface area contributed by atoms with Crippen LogP contribution in [0, 0.1) is 17.8 Å².